The smallest absolute Gasteiger partial charge is 0.206 e. The lowest BCUT2D eigenvalue weighted by atomic mass is 10.3. The van der Waals surface area contributed by atoms with E-state index < -0.39 is 9.84 Å². The molecule has 4 nitrogen and oxygen atoms in total. The first-order chi connectivity index (χ1) is 12.1. The van der Waals surface area contributed by atoms with Crippen molar-refractivity contribution in [2.45, 2.75) is 23.6 Å². The van der Waals surface area contributed by atoms with Gasteiger partial charge >= 0.3 is 0 Å². The summed E-state index contributed by atoms with van der Waals surface area (Å²) in [5, 5.41) is 0. The minimum Gasteiger partial charge on any atom is -0.481 e. The fourth-order valence-corrected chi connectivity index (χ4v) is 3.21. The predicted octanol–water partition coefficient (Wildman–Crippen LogP) is 3.32. The first-order valence-corrected chi connectivity index (χ1v) is 9.06. The molecule has 0 radical (unpaired) electrons. The molecule has 0 saturated carbocycles. The molecule has 0 aromatic heterocycles. The van der Waals surface area contributed by atoms with Crippen LogP contribution in [0.15, 0.2) is 58.3 Å². The van der Waals surface area contributed by atoms with Gasteiger partial charge in [-0.25, -0.2) is 8.42 Å². The largest absolute Gasteiger partial charge is 0.481 e. The molecule has 0 saturated heterocycles. The van der Waals surface area contributed by atoms with Crippen LogP contribution in [-0.2, 0) is 9.84 Å². The summed E-state index contributed by atoms with van der Waals surface area (Å²) >= 11 is 0. The Morgan fingerprint density at radius 3 is 1.40 bits per heavy atom. The van der Waals surface area contributed by atoms with Crippen molar-refractivity contribution in [2.24, 2.45) is 0 Å². The van der Waals surface area contributed by atoms with Gasteiger partial charge in [-0.3, -0.25) is 0 Å². The quantitative estimate of drug-likeness (QED) is 0.747. The van der Waals surface area contributed by atoms with Gasteiger partial charge in [0.05, 0.1) is 9.79 Å². The molecular formula is C20H18O4S. The van der Waals surface area contributed by atoms with E-state index in [0.717, 1.165) is 0 Å². The Morgan fingerprint density at radius 1 is 0.720 bits per heavy atom. The molecule has 0 fully saturated rings. The maximum Gasteiger partial charge on any atom is 0.206 e. The summed E-state index contributed by atoms with van der Waals surface area (Å²) in [4.78, 5) is 0.402. The molecule has 128 valence electrons. The molecule has 25 heavy (non-hydrogen) atoms. The van der Waals surface area contributed by atoms with Crippen molar-refractivity contribution in [3.05, 3.63) is 48.5 Å². The molecule has 0 aliphatic rings. The lowest BCUT2D eigenvalue weighted by Crippen LogP contribution is -2.02. The Balaban J connectivity index is 2.13. The molecule has 5 heteroatoms. The zero-order valence-corrected chi connectivity index (χ0v) is 14.9. The fraction of sp³-hybridized carbons (Fsp3) is 0.200. The van der Waals surface area contributed by atoms with Gasteiger partial charge in [0.1, 0.15) is 24.7 Å². The molecule has 0 atom stereocenters. The van der Waals surface area contributed by atoms with Crippen molar-refractivity contribution in [1.82, 2.24) is 0 Å². The third kappa shape index (κ3) is 5.04. The van der Waals surface area contributed by atoms with Crippen molar-refractivity contribution in [3.63, 3.8) is 0 Å². The Morgan fingerprint density at radius 2 is 1.08 bits per heavy atom. The van der Waals surface area contributed by atoms with Gasteiger partial charge in [0.25, 0.3) is 0 Å². The van der Waals surface area contributed by atoms with Gasteiger partial charge < -0.3 is 9.47 Å². The van der Waals surface area contributed by atoms with Gasteiger partial charge in [-0.05, 0) is 62.4 Å². The van der Waals surface area contributed by atoms with Gasteiger partial charge in [0.15, 0.2) is 0 Å². The third-order valence-electron chi connectivity index (χ3n) is 3.24. The minimum absolute atomic E-state index is 0.201. The van der Waals surface area contributed by atoms with Crippen LogP contribution in [0.4, 0.5) is 0 Å². The van der Waals surface area contributed by atoms with E-state index in [4.69, 9.17) is 9.47 Å². The highest BCUT2D eigenvalue weighted by atomic mass is 32.2. The SMILES string of the molecule is CC#CCOc1ccc(S(=O)(=O)c2ccc(OCC#CC)cc2)cc1. The van der Waals surface area contributed by atoms with Crippen molar-refractivity contribution < 1.29 is 17.9 Å². The van der Waals surface area contributed by atoms with Gasteiger partial charge in [-0.15, -0.1) is 11.8 Å². The molecule has 0 aliphatic carbocycles. The number of sulfone groups is 1. The highest BCUT2D eigenvalue weighted by Crippen LogP contribution is 2.24. The van der Waals surface area contributed by atoms with Crippen LogP contribution in [0.5, 0.6) is 11.5 Å². The first kappa shape index (κ1) is 18.4. The molecule has 0 N–H and O–H groups in total. The second-order valence-electron chi connectivity index (χ2n) is 4.88. The van der Waals surface area contributed by atoms with Crippen molar-refractivity contribution in [2.75, 3.05) is 13.2 Å². The number of hydrogen-bond acceptors (Lipinski definition) is 4. The Hall–Kier alpha value is -2.89. The summed E-state index contributed by atoms with van der Waals surface area (Å²) in [6.45, 7) is 4.00. The van der Waals surface area contributed by atoms with Gasteiger partial charge in [0.2, 0.25) is 9.84 Å². The predicted molar refractivity (Wildman–Crippen MR) is 96.2 cm³/mol. The molecule has 0 amide bonds. The van der Waals surface area contributed by atoms with Crippen molar-refractivity contribution in [1.29, 1.82) is 0 Å². The zero-order valence-electron chi connectivity index (χ0n) is 14.1. The van der Waals surface area contributed by atoms with E-state index in [9.17, 15) is 8.42 Å². The second-order valence-corrected chi connectivity index (χ2v) is 6.83. The van der Waals surface area contributed by atoms with Crippen LogP contribution in [0.25, 0.3) is 0 Å². The van der Waals surface area contributed by atoms with Crippen molar-refractivity contribution >= 4 is 9.84 Å². The van der Waals surface area contributed by atoms with Crippen LogP contribution < -0.4 is 9.47 Å². The Bertz CT molecular complexity index is 846. The highest BCUT2D eigenvalue weighted by Gasteiger charge is 2.17. The zero-order chi connectivity index (χ0) is 18.1. The highest BCUT2D eigenvalue weighted by molar-refractivity contribution is 7.91. The Labute approximate surface area is 148 Å². The van der Waals surface area contributed by atoms with Crippen LogP contribution in [0, 0.1) is 23.7 Å². The van der Waals surface area contributed by atoms with E-state index in [1.54, 1.807) is 38.1 Å². The second kappa shape index (κ2) is 8.82. The van der Waals surface area contributed by atoms with Crippen LogP contribution in [-0.4, -0.2) is 21.6 Å². The number of rotatable bonds is 6. The van der Waals surface area contributed by atoms with E-state index >= 15 is 0 Å². The topological polar surface area (TPSA) is 52.6 Å². The number of ether oxygens (including phenoxy) is 2. The summed E-state index contributed by atoms with van der Waals surface area (Å²) in [6.07, 6.45) is 0. The van der Waals surface area contributed by atoms with Crippen LogP contribution in [0.1, 0.15) is 13.8 Å². The van der Waals surface area contributed by atoms with E-state index in [-0.39, 0.29) is 23.0 Å². The van der Waals surface area contributed by atoms with Crippen LogP contribution >= 0.6 is 0 Å². The fourth-order valence-electron chi connectivity index (χ4n) is 1.95. The molecular weight excluding hydrogens is 336 g/mol. The average Bonchev–Trinajstić information content (AvgIpc) is 2.63. The molecule has 2 aromatic carbocycles. The van der Waals surface area contributed by atoms with Crippen LogP contribution in [0.3, 0.4) is 0 Å². The van der Waals surface area contributed by atoms with Gasteiger partial charge in [-0.2, -0.15) is 0 Å². The molecule has 0 bridgehead atoms. The number of benzene rings is 2. The van der Waals surface area contributed by atoms with E-state index in [2.05, 4.69) is 23.7 Å². The molecule has 0 aliphatic heterocycles. The molecule has 2 rings (SSSR count). The minimum atomic E-state index is -3.59. The summed E-state index contributed by atoms with van der Waals surface area (Å²) in [6, 6.07) is 12.5. The van der Waals surface area contributed by atoms with E-state index in [1.807, 2.05) is 0 Å². The van der Waals surface area contributed by atoms with Gasteiger partial charge in [-0.1, -0.05) is 11.8 Å². The first-order valence-electron chi connectivity index (χ1n) is 7.58. The lowest BCUT2D eigenvalue weighted by molar-refractivity contribution is 0.370. The maximum atomic E-state index is 12.7. The van der Waals surface area contributed by atoms with Gasteiger partial charge in [0, 0.05) is 0 Å². The number of hydrogen-bond donors (Lipinski definition) is 0. The molecule has 2 aromatic rings. The third-order valence-corrected chi connectivity index (χ3v) is 5.03. The van der Waals surface area contributed by atoms with Crippen LogP contribution in [0.2, 0.25) is 0 Å². The van der Waals surface area contributed by atoms with Crippen molar-refractivity contribution in [3.8, 4) is 35.2 Å². The maximum absolute atomic E-state index is 12.7. The standard InChI is InChI=1S/C20H18O4S/c1-3-5-15-23-17-7-11-19(12-8-17)25(21,22)20-13-9-18(10-14-20)24-16-6-4-2/h7-14H,15-16H2,1-2H3. The monoisotopic (exact) mass is 354 g/mol. The lowest BCUT2D eigenvalue weighted by Gasteiger charge is -2.08. The summed E-state index contributed by atoms with van der Waals surface area (Å²) in [7, 11) is -3.59. The van der Waals surface area contributed by atoms with E-state index in [0.29, 0.717) is 11.5 Å². The van der Waals surface area contributed by atoms with E-state index in [1.165, 1.54) is 24.3 Å². The molecule has 0 spiro atoms. The summed E-state index contributed by atoms with van der Waals surface area (Å²) < 4.78 is 36.1. The Kier molecular flexibility index (Phi) is 6.51. The summed E-state index contributed by atoms with van der Waals surface area (Å²) in [5.74, 6) is 12.2. The average molecular weight is 354 g/mol. The summed E-state index contributed by atoms with van der Waals surface area (Å²) in [5.41, 5.74) is 0. The molecule has 0 unspecified atom stereocenters. The molecule has 0 heterocycles. The normalized spacial score (nSPS) is 10.0.